The van der Waals surface area contributed by atoms with Crippen molar-refractivity contribution >= 4 is 17.5 Å². The van der Waals surface area contributed by atoms with Crippen LogP contribution < -0.4 is 5.32 Å². The van der Waals surface area contributed by atoms with E-state index in [1.54, 1.807) is 0 Å². The van der Waals surface area contributed by atoms with E-state index in [1.807, 2.05) is 30.3 Å². The van der Waals surface area contributed by atoms with Crippen LogP contribution in [0.25, 0.3) is 0 Å². The van der Waals surface area contributed by atoms with Gasteiger partial charge >= 0.3 is 0 Å². The summed E-state index contributed by atoms with van der Waals surface area (Å²) in [4.78, 5) is 12.3. The van der Waals surface area contributed by atoms with Gasteiger partial charge in [0.1, 0.15) is 0 Å². The Morgan fingerprint density at radius 3 is 2.61 bits per heavy atom. The minimum absolute atomic E-state index is 0.0468. The number of carbonyl (C=O) groups is 1. The highest BCUT2D eigenvalue weighted by atomic mass is 35.5. The first kappa shape index (κ1) is 13.4. The van der Waals surface area contributed by atoms with Crippen LogP contribution in [0.3, 0.4) is 0 Å². The molecule has 0 heterocycles. The fourth-order valence-corrected chi connectivity index (χ4v) is 2.61. The second-order valence-electron chi connectivity index (χ2n) is 5.04. The van der Waals surface area contributed by atoms with Crippen LogP contribution in [0.2, 0.25) is 0 Å². The number of nitrogens with one attached hydrogen (secondary N) is 1. The molecule has 18 heavy (non-hydrogen) atoms. The lowest BCUT2D eigenvalue weighted by molar-refractivity contribution is -0.123. The van der Waals surface area contributed by atoms with Gasteiger partial charge in [-0.3, -0.25) is 4.79 Å². The molecule has 3 heteroatoms. The lowest BCUT2D eigenvalue weighted by Gasteiger charge is -2.17. The molecule has 1 aliphatic carbocycles. The van der Waals surface area contributed by atoms with Crippen molar-refractivity contribution in [3.63, 3.8) is 0 Å². The van der Waals surface area contributed by atoms with Crippen LogP contribution >= 0.6 is 11.6 Å². The van der Waals surface area contributed by atoms with Gasteiger partial charge in [-0.1, -0.05) is 43.7 Å². The molecule has 0 bridgehead atoms. The number of hydrogen-bond donors (Lipinski definition) is 1. The van der Waals surface area contributed by atoms with Crippen molar-refractivity contribution in [3.8, 4) is 0 Å². The standard InChI is InChI=1S/C15H20ClNO/c1-2-6-13(16)11-17-14(18)15(9-10-15)12-7-4-3-5-8-12/h3-5,7-8,13H,2,6,9-11H2,1H3,(H,17,18). The highest BCUT2D eigenvalue weighted by Gasteiger charge is 2.50. The van der Waals surface area contributed by atoms with Crippen molar-refractivity contribution in [2.24, 2.45) is 0 Å². The number of amides is 1. The van der Waals surface area contributed by atoms with Gasteiger partial charge in [-0.15, -0.1) is 11.6 Å². The Labute approximate surface area is 114 Å². The van der Waals surface area contributed by atoms with Crippen LogP contribution in [-0.2, 0) is 10.2 Å². The lowest BCUT2D eigenvalue weighted by atomic mass is 9.95. The summed E-state index contributed by atoms with van der Waals surface area (Å²) in [5.74, 6) is 0.135. The van der Waals surface area contributed by atoms with Gasteiger partial charge in [0.15, 0.2) is 0 Å². The average Bonchev–Trinajstić information content (AvgIpc) is 3.19. The van der Waals surface area contributed by atoms with Crippen LogP contribution in [0.15, 0.2) is 30.3 Å². The summed E-state index contributed by atoms with van der Waals surface area (Å²) in [6.07, 6.45) is 3.89. The molecule has 0 aliphatic heterocycles. The zero-order chi connectivity index (χ0) is 13.0. The summed E-state index contributed by atoms with van der Waals surface area (Å²) in [6.45, 7) is 2.67. The Balaban J connectivity index is 1.93. The first-order valence-electron chi connectivity index (χ1n) is 6.67. The van der Waals surface area contributed by atoms with Gasteiger partial charge in [-0.05, 0) is 24.8 Å². The quantitative estimate of drug-likeness (QED) is 0.786. The monoisotopic (exact) mass is 265 g/mol. The Hall–Kier alpha value is -1.02. The summed E-state index contributed by atoms with van der Waals surface area (Å²) < 4.78 is 0. The summed E-state index contributed by atoms with van der Waals surface area (Å²) in [7, 11) is 0. The molecule has 0 saturated heterocycles. The Morgan fingerprint density at radius 1 is 1.39 bits per heavy atom. The SMILES string of the molecule is CCCC(Cl)CNC(=O)C1(c2ccccc2)CC1. The Morgan fingerprint density at radius 2 is 2.06 bits per heavy atom. The highest BCUT2D eigenvalue weighted by molar-refractivity contribution is 6.20. The number of alkyl halides is 1. The zero-order valence-corrected chi connectivity index (χ0v) is 11.5. The van der Waals surface area contributed by atoms with E-state index >= 15 is 0 Å². The topological polar surface area (TPSA) is 29.1 Å². The molecule has 2 rings (SSSR count). The summed E-state index contributed by atoms with van der Waals surface area (Å²) in [5.41, 5.74) is 0.855. The molecule has 1 saturated carbocycles. The fourth-order valence-electron chi connectivity index (χ4n) is 2.32. The molecular formula is C15H20ClNO. The van der Waals surface area contributed by atoms with Gasteiger partial charge in [-0.2, -0.15) is 0 Å². The molecule has 1 aromatic carbocycles. The predicted octanol–water partition coefficient (Wildman–Crippen LogP) is 3.24. The van der Waals surface area contributed by atoms with Gasteiger partial charge in [0.05, 0.1) is 10.8 Å². The van der Waals surface area contributed by atoms with Crippen molar-refractivity contribution in [1.82, 2.24) is 5.32 Å². The number of benzene rings is 1. The van der Waals surface area contributed by atoms with Crippen molar-refractivity contribution in [2.45, 2.75) is 43.4 Å². The van der Waals surface area contributed by atoms with E-state index < -0.39 is 0 Å². The van der Waals surface area contributed by atoms with Gasteiger partial charge in [-0.25, -0.2) is 0 Å². The third-order valence-electron chi connectivity index (χ3n) is 3.60. The molecule has 1 atom stereocenters. The summed E-state index contributed by atoms with van der Waals surface area (Å²) in [5, 5.41) is 3.04. The maximum atomic E-state index is 12.3. The molecule has 1 aromatic rings. The number of rotatable bonds is 6. The van der Waals surface area contributed by atoms with Gasteiger partial charge in [0.2, 0.25) is 5.91 Å². The molecule has 1 fully saturated rings. The van der Waals surface area contributed by atoms with Crippen molar-refractivity contribution in [2.75, 3.05) is 6.54 Å². The first-order valence-corrected chi connectivity index (χ1v) is 7.10. The largest absolute Gasteiger partial charge is 0.354 e. The number of hydrogen-bond acceptors (Lipinski definition) is 1. The molecule has 0 radical (unpaired) electrons. The number of carbonyl (C=O) groups excluding carboxylic acids is 1. The van der Waals surface area contributed by atoms with E-state index in [0.717, 1.165) is 31.2 Å². The lowest BCUT2D eigenvalue weighted by Crippen LogP contribution is -2.38. The van der Waals surface area contributed by atoms with Crippen LogP contribution in [0.5, 0.6) is 0 Å². The van der Waals surface area contributed by atoms with E-state index in [1.165, 1.54) is 0 Å². The van der Waals surface area contributed by atoms with Crippen molar-refractivity contribution in [3.05, 3.63) is 35.9 Å². The Bertz CT molecular complexity index is 400. The van der Waals surface area contributed by atoms with Gasteiger partial charge in [0, 0.05) is 6.54 Å². The van der Waals surface area contributed by atoms with E-state index in [2.05, 4.69) is 12.2 Å². The normalized spacial score (nSPS) is 18.1. The molecule has 0 aromatic heterocycles. The highest BCUT2D eigenvalue weighted by Crippen LogP contribution is 2.48. The minimum Gasteiger partial charge on any atom is -0.354 e. The molecule has 2 nitrogen and oxygen atoms in total. The first-order chi connectivity index (χ1) is 8.69. The zero-order valence-electron chi connectivity index (χ0n) is 10.8. The fraction of sp³-hybridized carbons (Fsp3) is 0.533. The van der Waals surface area contributed by atoms with Crippen LogP contribution in [0.4, 0.5) is 0 Å². The number of halogens is 1. The van der Waals surface area contributed by atoms with E-state index in [4.69, 9.17) is 11.6 Å². The molecule has 1 N–H and O–H groups in total. The molecule has 1 aliphatic rings. The van der Waals surface area contributed by atoms with Crippen LogP contribution in [-0.4, -0.2) is 17.8 Å². The van der Waals surface area contributed by atoms with Gasteiger partial charge in [0.25, 0.3) is 0 Å². The summed E-state index contributed by atoms with van der Waals surface area (Å²) >= 11 is 6.13. The maximum absolute atomic E-state index is 12.3. The molecule has 1 amide bonds. The smallest absolute Gasteiger partial charge is 0.230 e. The third-order valence-corrected chi connectivity index (χ3v) is 3.97. The second-order valence-corrected chi connectivity index (χ2v) is 5.66. The second kappa shape index (κ2) is 5.75. The van der Waals surface area contributed by atoms with Crippen LogP contribution in [0.1, 0.15) is 38.2 Å². The Kier molecular flexibility index (Phi) is 4.28. The van der Waals surface area contributed by atoms with E-state index in [-0.39, 0.29) is 16.7 Å². The predicted molar refractivity (Wildman–Crippen MR) is 74.9 cm³/mol. The maximum Gasteiger partial charge on any atom is 0.230 e. The van der Waals surface area contributed by atoms with Gasteiger partial charge < -0.3 is 5.32 Å². The molecule has 98 valence electrons. The third kappa shape index (κ3) is 2.86. The average molecular weight is 266 g/mol. The minimum atomic E-state index is -0.274. The van der Waals surface area contributed by atoms with Crippen molar-refractivity contribution in [1.29, 1.82) is 0 Å². The van der Waals surface area contributed by atoms with Crippen LogP contribution in [0, 0.1) is 0 Å². The summed E-state index contributed by atoms with van der Waals surface area (Å²) in [6, 6.07) is 10.0. The van der Waals surface area contributed by atoms with E-state index in [9.17, 15) is 4.79 Å². The molecule has 1 unspecified atom stereocenters. The van der Waals surface area contributed by atoms with Crippen molar-refractivity contribution < 1.29 is 4.79 Å². The molecule has 0 spiro atoms. The van der Waals surface area contributed by atoms with E-state index in [0.29, 0.717) is 6.54 Å². The molecular weight excluding hydrogens is 246 g/mol.